The minimum absolute atomic E-state index is 0.0678. The second-order valence-electron chi connectivity index (χ2n) is 7.12. The predicted octanol–water partition coefficient (Wildman–Crippen LogP) is 5.11. The van der Waals surface area contributed by atoms with E-state index in [4.69, 9.17) is 9.15 Å². The number of alkyl halides is 3. The Kier molecular flexibility index (Phi) is 6.92. The lowest BCUT2D eigenvalue weighted by Gasteiger charge is -2.12. The SMILES string of the molecule is COc1cccc(-n2c(CNC(=O)c3ccoc3)nnc2SCc2cccc(C(F)(F)F)c2)c1. The molecule has 0 aliphatic carbocycles. The van der Waals surface area contributed by atoms with Gasteiger partial charge in [0.15, 0.2) is 11.0 Å². The van der Waals surface area contributed by atoms with E-state index in [0.29, 0.717) is 33.5 Å². The summed E-state index contributed by atoms with van der Waals surface area (Å²) >= 11 is 1.23. The third-order valence-corrected chi connectivity index (χ3v) is 5.82. The van der Waals surface area contributed by atoms with Gasteiger partial charge in [0.25, 0.3) is 5.91 Å². The van der Waals surface area contributed by atoms with Crippen LogP contribution in [0.5, 0.6) is 5.75 Å². The number of hydrogen-bond donors (Lipinski definition) is 1. The fourth-order valence-corrected chi connectivity index (χ4v) is 4.07. The quantitative estimate of drug-likeness (QED) is 0.347. The van der Waals surface area contributed by atoms with Crippen LogP contribution in [0.3, 0.4) is 0 Å². The lowest BCUT2D eigenvalue weighted by atomic mass is 10.1. The first kappa shape index (κ1) is 23.4. The van der Waals surface area contributed by atoms with Crippen molar-refractivity contribution in [2.24, 2.45) is 0 Å². The highest BCUT2D eigenvalue weighted by atomic mass is 32.2. The molecule has 2 heterocycles. The molecule has 0 saturated heterocycles. The molecule has 11 heteroatoms. The number of carbonyl (C=O) groups excluding carboxylic acids is 1. The molecule has 0 radical (unpaired) electrons. The molecule has 2 aromatic heterocycles. The number of nitrogens with zero attached hydrogens (tertiary/aromatic N) is 3. The Balaban J connectivity index is 1.59. The molecular weight excluding hydrogens is 469 g/mol. The Hall–Kier alpha value is -3.73. The number of methoxy groups -OCH3 is 1. The van der Waals surface area contributed by atoms with Gasteiger partial charge in [0.05, 0.1) is 36.7 Å². The molecular formula is C23H19F3N4O3S. The summed E-state index contributed by atoms with van der Waals surface area (Å²) in [7, 11) is 1.54. The van der Waals surface area contributed by atoms with E-state index in [-0.39, 0.29) is 18.2 Å². The van der Waals surface area contributed by atoms with E-state index in [9.17, 15) is 18.0 Å². The molecule has 0 aliphatic heterocycles. The summed E-state index contributed by atoms with van der Waals surface area (Å²) in [5, 5.41) is 11.6. The average Bonchev–Trinajstić information content (AvgIpc) is 3.51. The maximum Gasteiger partial charge on any atom is 0.416 e. The van der Waals surface area contributed by atoms with Crippen molar-refractivity contribution in [3.63, 3.8) is 0 Å². The normalized spacial score (nSPS) is 11.4. The predicted molar refractivity (Wildman–Crippen MR) is 119 cm³/mol. The van der Waals surface area contributed by atoms with Crippen LogP contribution in [0, 0.1) is 0 Å². The second-order valence-corrected chi connectivity index (χ2v) is 8.06. The highest BCUT2D eigenvalue weighted by Crippen LogP contribution is 2.32. The summed E-state index contributed by atoms with van der Waals surface area (Å²) in [4.78, 5) is 12.3. The van der Waals surface area contributed by atoms with Gasteiger partial charge in [0.1, 0.15) is 12.0 Å². The zero-order valence-corrected chi connectivity index (χ0v) is 18.7. The molecule has 4 rings (SSSR count). The summed E-state index contributed by atoms with van der Waals surface area (Å²) in [5.74, 6) is 0.949. The maximum atomic E-state index is 13.1. The van der Waals surface area contributed by atoms with Crippen LogP contribution < -0.4 is 10.1 Å². The number of ether oxygens (including phenoxy) is 1. The Morgan fingerprint density at radius 1 is 1.15 bits per heavy atom. The third kappa shape index (κ3) is 5.42. The summed E-state index contributed by atoms with van der Waals surface area (Å²) in [6.45, 7) is 0.0678. The van der Waals surface area contributed by atoms with Crippen molar-refractivity contribution in [1.29, 1.82) is 0 Å². The van der Waals surface area contributed by atoms with Gasteiger partial charge >= 0.3 is 6.18 Å². The van der Waals surface area contributed by atoms with Gasteiger partial charge in [-0.2, -0.15) is 13.2 Å². The van der Waals surface area contributed by atoms with Gasteiger partial charge in [-0.3, -0.25) is 9.36 Å². The highest BCUT2D eigenvalue weighted by Gasteiger charge is 2.30. The molecule has 7 nitrogen and oxygen atoms in total. The van der Waals surface area contributed by atoms with E-state index in [1.807, 2.05) is 6.07 Å². The molecule has 0 spiro atoms. The number of halogens is 3. The second kappa shape index (κ2) is 10.0. The molecule has 0 unspecified atom stereocenters. The van der Waals surface area contributed by atoms with Crippen LogP contribution in [0.25, 0.3) is 5.69 Å². The van der Waals surface area contributed by atoms with Gasteiger partial charge in [-0.25, -0.2) is 0 Å². The van der Waals surface area contributed by atoms with Crippen LogP contribution in [-0.4, -0.2) is 27.8 Å². The first-order valence-corrected chi connectivity index (χ1v) is 11.0. The number of benzene rings is 2. The molecule has 1 N–H and O–H groups in total. The lowest BCUT2D eigenvalue weighted by Crippen LogP contribution is -2.24. The average molecular weight is 488 g/mol. The highest BCUT2D eigenvalue weighted by molar-refractivity contribution is 7.98. The first-order chi connectivity index (χ1) is 16.3. The van der Waals surface area contributed by atoms with Crippen molar-refractivity contribution in [1.82, 2.24) is 20.1 Å². The molecule has 0 saturated carbocycles. The molecule has 1 amide bonds. The summed E-state index contributed by atoms with van der Waals surface area (Å²) in [6.07, 6.45) is -1.68. The molecule has 0 atom stereocenters. The van der Waals surface area contributed by atoms with Crippen molar-refractivity contribution >= 4 is 17.7 Å². The lowest BCUT2D eigenvalue weighted by molar-refractivity contribution is -0.137. The maximum absolute atomic E-state index is 13.1. The molecule has 0 aliphatic rings. The van der Waals surface area contributed by atoms with Crippen LogP contribution in [0.1, 0.15) is 27.3 Å². The third-order valence-electron chi connectivity index (χ3n) is 4.82. The Labute approximate surface area is 196 Å². The van der Waals surface area contributed by atoms with E-state index in [1.54, 1.807) is 42.0 Å². The van der Waals surface area contributed by atoms with Crippen molar-refractivity contribution in [2.45, 2.75) is 23.6 Å². The molecule has 4 aromatic rings. The van der Waals surface area contributed by atoms with E-state index >= 15 is 0 Å². The molecule has 0 fully saturated rings. The summed E-state index contributed by atoms with van der Waals surface area (Å²) in [6, 6.07) is 13.9. The van der Waals surface area contributed by atoms with Gasteiger partial charge in [0, 0.05) is 11.8 Å². The smallest absolute Gasteiger partial charge is 0.416 e. The van der Waals surface area contributed by atoms with Gasteiger partial charge in [-0.15, -0.1) is 10.2 Å². The minimum atomic E-state index is -4.42. The number of nitrogens with one attached hydrogen (secondary N) is 1. The van der Waals surface area contributed by atoms with E-state index in [2.05, 4.69) is 15.5 Å². The van der Waals surface area contributed by atoms with Crippen LogP contribution in [0.2, 0.25) is 0 Å². The van der Waals surface area contributed by atoms with Crippen molar-refractivity contribution in [3.8, 4) is 11.4 Å². The number of carbonyl (C=O) groups is 1. The van der Waals surface area contributed by atoms with Crippen molar-refractivity contribution in [3.05, 3.63) is 89.6 Å². The van der Waals surface area contributed by atoms with Crippen molar-refractivity contribution in [2.75, 3.05) is 7.11 Å². The fourth-order valence-electron chi connectivity index (χ4n) is 3.16. The standard InChI is InChI=1S/C23H19F3N4O3S/c1-32-19-7-3-6-18(11-19)30-20(12-27-21(31)16-8-9-33-13-16)28-29-22(30)34-14-15-4-2-5-17(10-15)23(24,25)26/h2-11,13H,12,14H2,1H3,(H,27,31). The Morgan fingerprint density at radius 2 is 1.97 bits per heavy atom. The van der Waals surface area contributed by atoms with Crippen molar-refractivity contribution < 1.29 is 27.1 Å². The zero-order chi connectivity index (χ0) is 24.1. The number of amides is 1. The van der Waals surface area contributed by atoms with Gasteiger partial charge in [-0.1, -0.05) is 36.0 Å². The van der Waals surface area contributed by atoms with E-state index < -0.39 is 11.7 Å². The number of thioether (sulfide) groups is 1. The first-order valence-electron chi connectivity index (χ1n) is 10.0. The van der Waals surface area contributed by atoms with E-state index in [0.717, 1.165) is 12.1 Å². The summed E-state index contributed by atoms with van der Waals surface area (Å²) in [5.41, 5.74) is 0.840. The number of aromatic nitrogens is 3. The fraction of sp³-hybridized carbons (Fsp3) is 0.174. The topological polar surface area (TPSA) is 82.2 Å². The van der Waals surface area contributed by atoms with E-state index in [1.165, 1.54) is 30.4 Å². The Morgan fingerprint density at radius 3 is 2.71 bits per heavy atom. The van der Waals surface area contributed by atoms with Crippen LogP contribution in [0.15, 0.2) is 76.7 Å². The van der Waals surface area contributed by atoms with Gasteiger partial charge < -0.3 is 14.5 Å². The number of rotatable bonds is 8. The molecule has 176 valence electrons. The zero-order valence-electron chi connectivity index (χ0n) is 17.9. The largest absolute Gasteiger partial charge is 0.497 e. The number of hydrogen-bond acceptors (Lipinski definition) is 6. The van der Waals surface area contributed by atoms with Gasteiger partial charge in [0.2, 0.25) is 0 Å². The molecule has 2 aromatic carbocycles. The van der Waals surface area contributed by atoms with Gasteiger partial charge in [-0.05, 0) is 29.8 Å². The summed E-state index contributed by atoms with van der Waals surface area (Å²) < 4.78 is 51.1. The van der Waals surface area contributed by atoms with Crippen LogP contribution >= 0.6 is 11.8 Å². The van der Waals surface area contributed by atoms with Crippen LogP contribution in [-0.2, 0) is 18.5 Å². The molecule has 0 bridgehead atoms. The number of furan rings is 1. The minimum Gasteiger partial charge on any atom is -0.497 e. The van der Waals surface area contributed by atoms with Crippen LogP contribution in [0.4, 0.5) is 13.2 Å². The Bertz CT molecular complexity index is 1270. The monoisotopic (exact) mass is 488 g/mol. The molecule has 34 heavy (non-hydrogen) atoms.